The molecule has 0 aliphatic carbocycles. The third-order valence-electron chi connectivity index (χ3n) is 5.18. The van der Waals surface area contributed by atoms with Gasteiger partial charge in [0.25, 0.3) is 0 Å². The van der Waals surface area contributed by atoms with E-state index in [-0.39, 0.29) is 17.1 Å². The number of rotatable bonds is 2. The van der Waals surface area contributed by atoms with Crippen LogP contribution >= 0.6 is 0 Å². The number of carbonyl (C=O) groups excluding carboxylic acids is 1. The molecule has 3 aliphatic rings. The quantitative estimate of drug-likeness (QED) is 0.827. The van der Waals surface area contributed by atoms with Crippen molar-refractivity contribution in [3.63, 3.8) is 0 Å². The summed E-state index contributed by atoms with van der Waals surface area (Å²) in [5, 5.41) is 3.41. The van der Waals surface area contributed by atoms with Crippen molar-refractivity contribution in [1.29, 1.82) is 0 Å². The molecular formula is C15H25NO3. The summed E-state index contributed by atoms with van der Waals surface area (Å²) in [5.74, 6) is 0.585. The third kappa shape index (κ3) is 2.58. The van der Waals surface area contributed by atoms with E-state index in [1.807, 2.05) is 0 Å². The first-order valence-corrected chi connectivity index (χ1v) is 7.65. The van der Waals surface area contributed by atoms with Crippen LogP contribution in [-0.2, 0) is 14.3 Å². The predicted octanol–water partition coefficient (Wildman–Crippen LogP) is 1.67. The van der Waals surface area contributed by atoms with Gasteiger partial charge in [-0.05, 0) is 52.0 Å². The van der Waals surface area contributed by atoms with Gasteiger partial charge in [-0.2, -0.15) is 0 Å². The summed E-state index contributed by atoms with van der Waals surface area (Å²) in [6.45, 7) is 5.33. The molecule has 1 spiro atoms. The fourth-order valence-corrected chi connectivity index (χ4v) is 3.90. The van der Waals surface area contributed by atoms with Crippen molar-refractivity contribution >= 4 is 5.78 Å². The van der Waals surface area contributed by atoms with E-state index >= 15 is 0 Å². The van der Waals surface area contributed by atoms with Gasteiger partial charge in [0.1, 0.15) is 0 Å². The summed E-state index contributed by atoms with van der Waals surface area (Å²) in [5.41, 5.74) is -0.361. The van der Waals surface area contributed by atoms with Crippen LogP contribution in [0.15, 0.2) is 0 Å². The molecule has 3 heterocycles. The lowest BCUT2D eigenvalue weighted by molar-refractivity contribution is -0.159. The van der Waals surface area contributed by atoms with Crippen LogP contribution in [0.2, 0.25) is 0 Å². The number of Topliss-reactive ketones (excluding diaryl/α,β-unsaturated/α-hetero) is 1. The average Bonchev–Trinajstić information content (AvgIpc) is 2.87. The Kier molecular flexibility index (Phi) is 3.67. The van der Waals surface area contributed by atoms with Gasteiger partial charge in [-0.3, -0.25) is 4.79 Å². The van der Waals surface area contributed by atoms with Gasteiger partial charge < -0.3 is 14.8 Å². The highest BCUT2D eigenvalue weighted by atomic mass is 16.5. The summed E-state index contributed by atoms with van der Waals surface area (Å²) in [4.78, 5) is 12.8. The number of carbonyl (C=O) groups is 1. The lowest BCUT2D eigenvalue weighted by Crippen LogP contribution is -2.52. The van der Waals surface area contributed by atoms with E-state index < -0.39 is 0 Å². The fraction of sp³-hybridized carbons (Fsp3) is 0.933. The molecule has 0 aromatic carbocycles. The smallest absolute Gasteiger partial charge is 0.155 e. The van der Waals surface area contributed by atoms with Gasteiger partial charge in [0.15, 0.2) is 5.78 Å². The Labute approximate surface area is 115 Å². The minimum Gasteiger partial charge on any atom is -0.381 e. The van der Waals surface area contributed by atoms with Crippen LogP contribution in [-0.4, -0.2) is 43.3 Å². The Morgan fingerprint density at radius 1 is 1.21 bits per heavy atom. The molecule has 2 atom stereocenters. The fourth-order valence-electron chi connectivity index (χ4n) is 3.90. The van der Waals surface area contributed by atoms with Crippen molar-refractivity contribution in [3.05, 3.63) is 0 Å². The molecule has 0 aromatic heterocycles. The molecule has 3 saturated heterocycles. The van der Waals surface area contributed by atoms with E-state index in [1.54, 1.807) is 0 Å². The van der Waals surface area contributed by atoms with Crippen LogP contribution in [0.4, 0.5) is 0 Å². The molecule has 3 rings (SSSR count). The molecular weight excluding hydrogens is 242 g/mol. The molecule has 19 heavy (non-hydrogen) atoms. The Morgan fingerprint density at radius 3 is 2.68 bits per heavy atom. The SMILES string of the molecule is CC1(C(=O)C2CCOC3(CCOCC3)C2)CCCN1. The summed E-state index contributed by atoms with van der Waals surface area (Å²) >= 11 is 0. The van der Waals surface area contributed by atoms with E-state index in [0.717, 1.165) is 64.9 Å². The van der Waals surface area contributed by atoms with Crippen molar-refractivity contribution in [1.82, 2.24) is 5.32 Å². The monoisotopic (exact) mass is 267 g/mol. The molecule has 0 saturated carbocycles. The van der Waals surface area contributed by atoms with Crippen molar-refractivity contribution < 1.29 is 14.3 Å². The van der Waals surface area contributed by atoms with Gasteiger partial charge >= 0.3 is 0 Å². The van der Waals surface area contributed by atoms with Crippen LogP contribution in [0, 0.1) is 5.92 Å². The van der Waals surface area contributed by atoms with E-state index in [1.165, 1.54) is 0 Å². The number of ether oxygens (including phenoxy) is 2. The first-order chi connectivity index (χ1) is 9.14. The number of ketones is 1. The number of hydrogen-bond donors (Lipinski definition) is 1. The predicted molar refractivity (Wildman–Crippen MR) is 72.1 cm³/mol. The van der Waals surface area contributed by atoms with Crippen LogP contribution in [0.3, 0.4) is 0 Å². The number of nitrogens with one attached hydrogen (secondary N) is 1. The minimum atomic E-state index is -0.283. The molecule has 3 fully saturated rings. The Bertz CT molecular complexity index is 338. The van der Waals surface area contributed by atoms with Gasteiger partial charge in [0.2, 0.25) is 0 Å². The third-order valence-corrected chi connectivity index (χ3v) is 5.18. The van der Waals surface area contributed by atoms with E-state index in [9.17, 15) is 4.79 Å². The van der Waals surface area contributed by atoms with E-state index in [2.05, 4.69) is 12.2 Å². The highest BCUT2D eigenvalue weighted by Gasteiger charge is 2.46. The Balaban J connectivity index is 1.69. The van der Waals surface area contributed by atoms with Crippen LogP contribution < -0.4 is 5.32 Å². The normalized spacial score (nSPS) is 38.5. The van der Waals surface area contributed by atoms with Gasteiger partial charge in [0.05, 0.1) is 11.1 Å². The highest BCUT2D eigenvalue weighted by Crippen LogP contribution is 2.39. The molecule has 4 heteroatoms. The Morgan fingerprint density at radius 2 is 2.00 bits per heavy atom. The molecule has 108 valence electrons. The molecule has 0 aromatic rings. The zero-order valence-corrected chi connectivity index (χ0v) is 11.9. The van der Waals surface area contributed by atoms with Crippen molar-refractivity contribution in [2.75, 3.05) is 26.4 Å². The van der Waals surface area contributed by atoms with Gasteiger partial charge in [-0.15, -0.1) is 0 Å². The molecule has 0 radical (unpaired) electrons. The Hall–Kier alpha value is -0.450. The van der Waals surface area contributed by atoms with Crippen LogP contribution in [0.25, 0.3) is 0 Å². The minimum absolute atomic E-state index is 0.0776. The lowest BCUT2D eigenvalue weighted by atomic mass is 9.74. The molecule has 0 amide bonds. The van der Waals surface area contributed by atoms with Gasteiger partial charge in [-0.25, -0.2) is 0 Å². The zero-order chi connectivity index (χ0) is 13.3. The first kappa shape index (κ1) is 13.5. The summed E-state index contributed by atoms with van der Waals surface area (Å²) in [6.07, 6.45) is 5.77. The van der Waals surface area contributed by atoms with E-state index in [4.69, 9.17) is 9.47 Å². The van der Waals surface area contributed by atoms with Crippen LogP contribution in [0.1, 0.15) is 45.4 Å². The second-order valence-corrected chi connectivity index (χ2v) is 6.56. The maximum absolute atomic E-state index is 12.8. The molecule has 2 unspecified atom stereocenters. The summed E-state index contributed by atoms with van der Waals surface area (Å²) < 4.78 is 11.5. The summed E-state index contributed by atoms with van der Waals surface area (Å²) in [7, 11) is 0. The topological polar surface area (TPSA) is 47.6 Å². The van der Waals surface area contributed by atoms with Crippen molar-refractivity contribution in [2.45, 2.75) is 56.6 Å². The maximum atomic E-state index is 12.8. The molecule has 0 bridgehead atoms. The van der Waals surface area contributed by atoms with Crippen molar-refractivity contribution in [2.24, 2.45) is 5.92 Å². The maximum Gasteiger partial charge on any atom is 0.155 e. The lowest BCUT2D eigenvalue weighted by Gasteiger charge is -2.44. The average molecular weight is 267 g/mol. The molecule has 3 aliphatic heterocycles. The standard InChI is InChI=1S/C15H25NO3/c1-14(4-2-7-16-14)13(17)12-3-8-19-15(11-12)5-9-18-10-6-15/h12,16H,2-11H2,1H3. The van der Waals surface area contributed by atoms with Gasteiger partial charge in [0, 0.05) is 25.7 Å². The largest absolute Gasteiger partial charge is 0.381 e. The molecule has 4 nitrogen and oxygen atoms in total. The highest BCUT2D eigenvalue weighted by molar-refractivity contribution is 5.90. The van der Waals surface area contributed by atoms with Crippen LogP contribution in [0.5, 0.6) is 0 Å². The second-order valence-electron chi connectivity index (χ2n) is 6.56. The first-order valence-electron chi connectivity index (χ1n) is 7.65. The number of hydrogen-bond acceptors (Lipinski definition) is 4. The van der Waals surface area contributed by atoms with E-state index in [0.29, 0.717) is 5.78 Å². The second kappa shape index (κ2) is 5.15. The van der Waals surface area contributed by atoms with Gasteiger partial charge in [-0.1, -0.05) is 0 Å². The summed E-state index contributed by atoms with van der Waals surface area (Å²) in [6, 6.07) is 0. The zero-order valence-electron chi connectivity index (χ0n) is 11.9. The molecule has 1 N–H and O–H groups in total. The van der Waals surface area contributed by atoms with Crippen molar-refractivity contribution in [3.8, 4) is 0 Å².